The van der Waals surface area contributed by atoms with Crippen molar-refractivity contribution in [3.63, 3.8) is 0 Å². The maximum Gasteiger partial charge on any atom is 0.277 e. The Morgan fingerprint density at radius 2 is 1.71 bits per heavy atom. The van der Waals surface area contributed by atoms with E-state index in [9.17, 15) is 4.79 Å². The number of hydrogen-bond donors (Lipinski definition) is 0. The van der Waals surface area contributed by atoms with Crippen molar-refractivity contribution in [3.8, 4) is 11.5 Å². The summed E-state index contributed by atoms with van der Waals surface area (Å²) < 4.78 is 17.6. The number of carbonyl (C=O) groups is 1. The van der Waals surface area contributed by atoms with Gasteiger partial charge in [0, 0.05) is 13.1 Å². The van der Waals surface area contributed by atoms with Crippen LogP contribution < -0.4 is 9.47 Å². The number of ether oxygens (including phenoxy) is 2. The number of nitrogens with zero attached hydrogens (tertiary/aromatic N) is 3. The van der Waals surface area contributed by atoms with Crippen LogP contribution >= 0.6 is 11.8 Å². The fourth-order valence-corrected chi connectivity index (χ4v) is 4.78. The molecule has 1 amide bonds. The zero-order valence-electron chi connectivity index (χ0n) is 17.0. The van der Waals surface area contributed by atoms with Gasteiger partial charge in [-0.3, -0.25) is 4.79 Å². The van der Waals surface area contributed by atoms with Gasteiger partial charge < -0.3 is 18.8 Å². The molecule has 2 aliphatic rings. The third-order valence-corrected chi connectivity index (χ3v) is 6.50. The summed E-state index contributed by atoms with van der Waals surface area (Å²) in [7, 11) is 0. The number of benzene rings is 2. The van der Waals surface area contributed by atoms with Crippen LogP contribution in [0.1, 0.15) is 42.1 Å². The molecular formula is C23H23N3O4S. The summed E-state index contributed by atoms with van der Waals surface area (Å²) in [6.07, 6.45) is 2.78. The molecule has 1 aromatic heterocycles. The Morgan fingerprint density at radius 1 is 0.968 bits per heavy atom. The van der Waals surface area contributed by atoms with E-state index in [4.69, 9.17) is 13.9 Å². The summed E-state index contributed by atoms with van der Waals surface area (Å²) >= 11 is 1.29. The molecule has 7 nitrogen and oxygen atoms in total. The first-order chi connectivity index (χ1) is 15.3. The largest absolute Gasteiger partial charge is 0.485 e. The Balaban J connectivity index is 1.34. The average molecular weight is 438 g/mol. The normalized spacial score (nSPS) is 19.1. The maximum atomic E-state index is 13.3. The van der Waals surface area contributed by atoms with Gasteiger partial charge in [-0.1, -0.05) is 42.5 Å². The van der Waals surface area contributed by atoms with E-state index >= 15 is 0 Å². The lowest BCUT2D eigenvalue weighted by molar-refractivity contribution is -0.131. The first-order valence-electron chi connectivity index (χ1n) is 10.5. The number of para-hydroxylation sites is 2. The minimum Gasteiger partial charge on any atom is -0.485 e. The fraction of sp³-hybridized carbons (Fsp3) is 0.348. The topological polar surface area (TPSA) is 77.7 Å². The number of likely N-dealkylation sites (tertiary alicyclic amines) is 1. The first kappa shape index (κ1) is 19.9. The molecule has 3 heterocycles. The Labute approximate surface area is 184 Å². The molecule has 2 aromatic carbocycles. The summed E-state index contributed by atoms with van der Waals surface area (Å²) in [5.74, 6) is 1.77. The van der Waals surface area contributed by atoms with Gasteiger partial charge in [0.25, 0.3) is 11.1 Å². The van der Waals surface area contributed by atoms with Gasteiger partial charge >= 0.3 is 0 Å². The smallest absolute Gasteiger partial charge is 0.277 e. The van der Waals surface area contributed by atoms with Crippen molar-refractivity contribution in [2.45, 2.75) is 35.8 Å². The van der Waals surface area contributed by atoms with Crippen molar-refractivity contribution in [3.05, 3.63) is 66.1 Å². The zero-order chi connectivity index (χ0) is 21.0. The van der Waals surface area contributed by atoms with Crippen LogP contribution in [0.4, 0.5) is 0 Å². The number of fused-ring (bicyclic) bond motifs is 1. The maximum absolute atomic E-state index is 13.3. The highest BCUT2D eigenvalue weighted by Gasteiger charge is 2.32. The molecule has 2 atom stereocenters. The Kier molecular flexibility index (Phi) is 5.80. The van der Waals surface area contributed by atoms with Crippen molar-refractivity contribution < 1.29 is 18.7 Å². The van der Waals surface area contributed by atoms with E-state index in [2.05, 4.69) is 10.2 Å². The summed E-state index contributed by atoms with van der Waals surface area (Å²) in [6.45, 7) is 1.88. The number of hydrogen-bond acceptors (Lipinski definition) is 7. The van der Waals surface area contributed by atoms with Gasteiger partial charge in [0.15, 0.2) is 11.5 Å². The molecule has 3 aromatic rings. The molecule has 0 N–H and O–H groups in total. The van der Waals surface area contributed by atoms with Gasteiger partial charge in [0.2, 0.25) is 12.0 Å². The Bertz CT molecular complexity index is 1040. The average Bonchev–Trinajstić information content (AvgIpc) is 3.32. The number of thioether (sulfide) groups is 1. The molecule has 31 heavy (non-hydrogen) atoms. The van der Waals surface area contributed by atoms with E-state index in [-0.39, 0.29) is 12.5 Å². The first-order valence-corrected chi connectivity index (χ1v) is 11.4. The summed E-state index contributed by atoms with van der Waals surface area (Å²) in [5.41, 5.74) is 0.925. The van der Waals surface area contributed by atoms with Gasteiger partial charge in [-0.05, 0) is 48.7 Å². The van der Waals surface area contributed by atoms with Crippen LogP contribution in [-0.2, 0) is 4.79 Å². The fourth-order valence-electron chi connectivity index (χ4n) is 3.81. The standard InChI is InChI=1S/C23H23N3O4S/c27-22(26-13-7-2-8-14-26)20(16-9-3-1-4-10-16)31-23-25-24-21(30-23)19-15-28-17-11-5-6-12-18(17)29-19/h1,3-6,9-12,19-20H,2,7-8,13-15H2/t19-,20-/m1/s1. The number of piperidine rings is 1. The minimum atomic E-state index is -0.482. The van der Waals surface area contributed by atoms with Crippen molar-refractivity contribution in [2.24, 2.45) is 0 Å². The van der Waals surface area contributed by atoms with Gasteiger partial charge in [0.1, 0.15) is 11.9 Å². The van der Waals surface area contributed by atoms with Crippen LogP contribution in [0.2, 0.25) is 0 Å². The van der Waals surface area contributed by atoms with E-state index in [0.29, 0.717) is 22.6 Å². The summed E-state index contributed by atoms with van der Waals surface area (Å²) in [5, 5.41) is 8.25. The van der Waals surface area contributed by atoms with Gasteiger partial charge in [-0.15, -0.1) is 10.2 Å². The number of rotatable bonds is 5. The highest BCUT2D eigenvalue weighted by molar-refractivity contribution is 8.00. The van der Waals surface area contributed by atoms with Crippen molar-refractivity contribution in [1.82, 2.24) is 15.1 Å². The van der Waals surface area contributed by atoms with Crippen molar-refractivity contribution >= 4 is 17.7 Å². The molecule has 160 valence electrons. The van der Waals surface area contributed by atoms with Crippen LogP contribution in [0.25, 0.3) is 0 Å². The Morgan fingerprint density at radius 3 is 2.52 bits per heavy atom. The third kappa shape index (κ3) is 4.39. The number of aromatic nitrogens is 2. The highest BCUT2D eigenvalue weighted by Crippen LogP contribution is 2.39. The lowest BCUT2D eigenvalue weighted by atomic mass is 10.1. The van der Waals surface area contributed by atoms with Crippen molar-refractivity contribution in [1.29, 1.82) is 0 Å². The van der Waals surface area contributed by atoms with E-state index in [1.54, 1.807) is 0 Å². The molecular weight excluding hydrogens is 414 g/mol. The predicted molar refractivity (Wildman–Crippen MR) is 115 cm³/mol. The van der Waals surface area contributed by atoms with Crippen LogP contribution in [0.3, 0.4) is 0 Å². The SMILES string of the molecule is O=C([C@H](Sc1nnc([C@H]2COc3ccccc3O2)o1)c1ccccc1)N1CCCCC1. The van der Waals surface area contributed by atoms with E-state index in [0.717, 1.165) is 31.5 Å². The Hall–Kier alpha value is -3.00. The van der Waals surface area contributed by atoms with Gasteiger partial charge in [-0.25, -0.2) is 0 Å². The quantitative estimate of drug-likeness (QED) is 0.547. The molecule has 0 spiro atoms. The second-order valence-electron chi connectivity index (χ2n) is 7.56. The molecule has 0 radical (unpaired) electrons. The van der Waals surface area contributed by atoms with Crippen LogP contribution in [0.5, 0.6) is 11.5 Å². The van der Waals surface area contributed by atoms with Gasteiger partial charge in [-0.2, -0.15) is 0 Å². The molecule has 0 bridgehead atoms. The predicted octanol–water partition coefficient (Wildman–Crippen LogP) is 4.43. The lowest BCUT2D eigenvalue weighted by Crippen LogP contribution is -2.38. The van der Waals surface area contributed by atoms with Crippen molar-refractivity contribution in [2.75, 3.05) is 19.7 Å². The highest BCUT2D eigenvalue weighted by atomic mass is 32.2. The molecule has 8 heteroatoms. The van der Waals surface area contributed by atoms with Gasteiger partial charge in [0.05, 0.1) is 0 Å². The minimum absolute atomic E-state index is 0.0850. The zero-order valence-corrected chi connectivity index (χ0v) is 17.8. The van der Waals surface area contributed by atoms with Crippen LogP contribution in [0.15, 0.2) is 64.2 Å². The number of amides is 1. The molecule has 1 saturated heterocycles. The second-order valence-corrected chi connectivity index (χ2v) is 8.62. The lowest BCUT2D eigenvalue weighted by Gasteiger charge is -2.30. The molecule has 5 rings (SSSR count). The molecule has 0 saturated carbocycles. The molecule has 0 aliphatic carbocycles. The number of carbonyl (C=O) groups excluding carboxylic acids is 1. The molecule has 2 aliphatic heterocycles. The van der Waals surface area contributed by atoms with E-state index < -0.39 is 11.4 Å². The third-order valence-electron chi connectivity index (χ3n) is 5.42. The second kappa shape index (κ2) is 9.01. The monoisotopic (exact) mass is 437 g/mol. The molecule has 1 fully saturated rings. The molecule has 0 unspecified atom stereocenters. The summed E-state index contributed by atoms with van der Waals surface area (Å²) in [4.78, 5) is 15.3. The van der Waals surface area contributed by atoms with Crippen LogP contribution in [0, 0.1) is 0 Å². The van der Waals surface area contributed by atoms with Crippen LogP contribution in [-0.4, -0.2) is 40.7 Å². The summed E-state index contributed by atoms with van der Waals surface area (Å²) in [6, 6.07) is 17.2. The van der Waals surface area contributed by atoms with E-state index in [1.807, 2.05) is 59.5 Å². The van der Waals surface area contributed by atoms with E-state index in [1.165, 1.54) is 18.2 Å².